The van der Waals surface area contributed by atoms with Crippen molar-refractivity contribution in [2.45, 2.75) is 69.3 Å². The molecule has 1 aromatic heterocycles. The van der Waals surface area contributed by atoms with Crippen molar-refractivity contribution in [1.29, 1.82) is 0 Å². The van der Waals surface area contributed by atoms with Gasteiger partial charge in [0.2, 0.25) is 0 Å². The third-order valence-electron chi connectivity index (χ3n) is 5.51. The van der Waals surface area contributed by atoms with E-state index in [0.717, 1.165) is 4.57 Å². The Morgan fingerprint density at radius 3 is 2.51 bits per heavy atom. The van der Waals surface area contributed by atoms with Crippen molar-refractivity contribution < 1.29 is 62.8 Å². The van der Waals surface area contributed by atoms with Gasteiger partial charge >= 0.3 is 5.69 Å². The number of aryl methyl sites for hydroxylation is 1. The lowest BCUT2D eigenvalue weighted by molar-refractivity contribution is -0.482. The van der Waals surface area contributed by atoms with Crippen LogP contribution >= 0.6 is 15.6 Å². The standard InChI is InChI=1S/C16H27N3O14P2/c1-6-4-19(16(24)18-14(6)23)10-3-8(20)9(31-10)5-29-34(25,26)33-35(27,28)32-15-13(22)12(21)11(17)7(2)30-15/h4,7-13,15,20-22H,3,5,17H2,1-2H3,(H,25,26)(H,27,28)(H,18,23,24)/p-1/t7-,8+,9-,10-,11+,12+,13-,15-/m1/s1. The second-order valence-electron chi connectivity index (χ2n) is 8.14. The molecule has 2 unspecified atom stereocenters. The first kappa shape index (κ1) is 28.3. The maximum absolute atomic E-state index is 12.0. The number of hydrogen-bond acceptors (Lipinski definition) is 14. The van der Waals surface area contributed by atoms with Crippen molar-refractivity contribution >= 4 is 15.6 Å². The monoisotopic (exact) mass is 546 g/mol. The molecule has 1 aromatic rings. The zero-order valence-electron chi connectivity index (χ0n) is 18.5. The van der Waals surface area contributed by atoms with Gasteiger partial charge in [0.25, 0.3) is 21.2 Å². The number of aromatic amines is 1. The molecule has 0 bridgehead atoms. The van der Waals surface area contributed by atoms with Crippen LogP contribution in [0.4, 0.5) is 0 Å². The smallest absolute Gasteiger partial charge is 0.330 e. The molecule has 0 saturated carbocycles. The first-order valence-electron chi connectivity index (χ1n) is 10.3. The highest BCUT2D eigenvalue weighted by Gasteiger charge is 2.45. The van der Waals surface area contributed by atoms with Crippen molar-refractivity contribution in [2.24, 2.45) is 0 Å². The Morgan fingerprint density at radius 1 is 1.20 bits per heavy atom. The minimum atomic E-state index is -5.70. The first-order chi connectivity index (χ1) is 16.1. The molecular formula is C16H26N3O14P2-. The molecule has 0 radical (unpaired) electrons. The number of phosphoric ester groups is 2. The summed E-state index contributed by atoms with van der Waals surface area (Å²) in [7, 11) is -11.3. The van der Waals surface area contributed by atoms with E-state index in [9.17, 15) is 43.8 Å². The van der Waals surface area contributed by atoms with E-state index in [1.165, 1.54) is 20.0 Å². The third-order valence-corrected chi connectivity index (χ3v) is 8.04. The van der Waals surface area contributed by atoms with E-state index in [-0.39, 0.29) is 12.0 Å². The lowest BCUT2D eigenvalue weighted by Gasteiger charge is -2.40. The van der Waals surface area contributed by atoms with E-state index in [2.05, 4.69) is 24.1 Å². The number of nitrogens with zero attached hydrogens (tertiary/aromatic N) is 1. The summed E-state index contributed by atoms with van der Waals surface area (Å²) < 4.78 is 48.5. The minimum Gasteiger partial charge on any atom is -0.756 e. The number of ether oxygens (including phenoxy) is 2. The second kappa shape index (κ2) is 10.6. The summed E-state index contributed by atoms with van der Waals surface area (Å²) in [5.74, 6) is 0. The van der Waals surface area contributed by atoms with Gasteiger partial charge in [0, 0.05) is 18.2 Å². The van der Waals surface area contributed by atoms with Crippen LogP contribution in [0, 0.1) is 6.92 Å². The van der Waals surface area contributed by atoms with Gasteiger partial charge in [0.15, 0.2) is 6.29 Å². The van der Waals surface area contributed by atoms with Gasteiger partial charge in [-0.15, -0.1) is 0 Å². The van der Waals surface area contributed by atoms with Crippen LogP contribution < -0.4 is 26.8 Å². The number of phosphoric acid groups is 2. The summed E-state index contributed by atoms with van der Waals surface area (Å²) in [6.07, 6.45) is -8.89. The largest absolute Gasteiger partial charge is 0.756 e. The molecule has 10 atom stereocenters. The Morgan fingerprint density at radius 2 is 1.86 bits per heavy atom. The summed E-state index contributed by atoms with van der Waals surface area (Å²) >= 11 is 0. The van der Waals surface area contributed by atoms with Crippen LogP contribution in [-0.2, 0) is 32.0 Å². The van der Waals surface area contributed by atoms with Gasteiger partial charge < -0.3 is 44.8 Å². The lowest BCUT2D eigenvalue weighted by atomic mass is 9.98. The maximum atomic E-state index is 12.0. The summed E-state index contributed by atoms with van der Waals surface area (Å²) in [5.41, 5.74) is 2.31. The fourth-order valence-corrected chi connectivity index (χ4v) is 5.55. The van der Waals surface area contributed by atoms with Crippen LogP contribution in [0.5, 0.6) is 0 Å². The average molecular weight is 546 g/mol. The highest BCUT2D eigenvalue weighted by atomic mass is 31.3. The molecule has 0 spiro atoms. The van der Waals surface area contributed by atoms with Crippen LogP contribution in [0.1, 0.15) is 25.1 Å². The predicted octanol–water partition coefficient (Wildman–Crippen LogP) is -4.44. The van der Waals surface area contributed by atoms with Crippen LogP contribution in [0.15, 0.2) is 15.8 Å². The molecule has 2 fully saturated rings. The molecule has 2 aliphatic rings. The van der Waals surface area contributed by atoms with Gasteiger partial charge in [-0.2, -0.15) is 0 Å². The van der Waals surface area contributed by atoms with Crippen molar-refractivity contribution in [3.05, 3.63) is 32.6 Å². The number of aliphatic hydroxyl groups is 3. The van der Waals surface area contributed by atoms with Crippen LogP contribution in [0.2, 0.25) is 0 Å². The van der Waals surface area contributed by atoms with Crippen molar-refractivity contribution in [3.63, 3.8) is 0 Å². The van der Waals surface area contributed by atoms with E-state index in [0.29, 0.717) is 0 Å². The lowest BCUT2D eigenvalue weighted by Crippen LogP contribution is -2.77. The van der Waals surface area contributed by atoms with Gasteiger partial charge in [-0.25, -0.2) is 9.11 Å². The van der Waals surface area contributed by atoms with Gasteiger partial charge in [-0.1, -0.05) is 0 Å². The van der Waals surface area contributed by atoms with Crippen LogP contribution in [0.3, 0.4) is 0 Å². The Balaban J connectivity index is 1.59. The van der Waals surface area contributed by atoms with Gasteiger partial charge in [0.05, 0.1) is 12.7 Å². The number of nitrogens with one attached hydrogen (secondary N) is 1. The fraction of sp³-hybridized carbons (Fsp3) is 0.750. The SMILES string of the molecule is Cc1cn([C@H]2C[C@H](O)[C@@H](COP(=O)([O-])OP(=O)([O-])O[C@H]3O[C@H](C)[C@H]([NH3+])[C@H](O)[C@H]3O)O2)c(=O)[nH]c1=O. The van der Waals surface area contributed by atoms with Gasteiger partial charge in [-0.3, -0.25) is 28.0 Å². The summed E-state index contributed by atoms with van der Waals surface area (Å²) in [4.78, 5) is 49.6. The molecular weight excluding hydrogens is 520 g/mol. The summed E-state index contributed by atoms with van der Waals surface area (Å²) in [5, 5.41) is 29.9. The third kappa shape index (κ3) is 6.72. The number of quaternary nitrogens is 1. The summed E-state index contributed by atoms with van der Waals surface area (Å²) in [6.45, 7) is 1.96. The molecule has 2 aliphatic heterocycles. The molecule has 200 valence electrons. The highest BCUT2D eigenvalue weighted by Crippen LogP contribution is 2.56. The molecule has 3 heterocycles. The molecule has 7 N–H and O–H groups in total. The van der Waals surface area contributed by atoms with Crippen LogP contribution in [0.25, 0.3) is 0 Å². The van der Waals surface area contributed by atoms with E-state index < -0.39 is 82.6 Å². The normalized spacial score (nSPS) is 37.0. The molecule has 3 rings (SSSR count). The molecule has 19 heteroatoms. The number of aliphatic hydroxyl groups excluding tert-OH is 3. The van der Waals surface area contributed by atoms with Gasteiger partial charge in [-0.05, 0) is 13.8 Å². The Bertz CT molecular complexity index is 1130. The first-order valence-corrected chi connectivity index (χ1v) is 13.2. The summed E-state index contributed by atoms with van der Waals surface area (Å²) in [6, 6.07) is -0.816. The zero-order valence-corrected chi connectivity index (χ0v) is 20.3. The average Bonchev–Trinajstić information content (AvgIpc) is 3.11. The molecule has 0 aromatic carbocycles. The van der Waals surface area contributed by atoms with E-state index in [1.807, 2.05) is 0 Å². The van der Waals surface area contributed by atoms with E-state index in [1.54, 1.807) is 0 Å². The predicted molar refractivity (Wildman–Crippen MR) is 107 cm³/mol. The van der Waals surface area contributed by atoms with Gasteiger partial charge in [0.1, 0.15) is 36.7 Å². The van der Waals surface area contributed by atoms with Crippen molar-refractivity contribution in [1.82, 2.24) is 9.55 Å². The fourth-order valence-electron chi connectivity index (χ4n) is 3.47. The number of aromatic nitrogens is 2. The quantitative estimate of drug-likeness (QED) is 0.193. The molecule has 35 heavy (non-hydrogen) atoms. The van der Waals surface area contributed by atoms with E-state index >= 15 is 0 Å². The zero-order chi connectivity index (χ0) is 26.3. The Kier molecular flexibility index (Phi) is 8.56. The number of H-pyrrole nitrogens is 1. The molecule has 17 nitrogen and oxygen atoms in total. The minimum absolute atomic E-state index is 0.169. The second-order valence-corrected chi connectivity index (χ2v) is 11.1. The van der Waals surface area contributed by atoms with E-state index in [4.69, 9.17) is 9.47 Å². The van der Waals surface area contributed by atoms with Crippen molar-refractivity contribution in [2.75, 3.05) is 6.61 Å². The Labute approximate surface area is 197 Å². The topological polar surface area (TPSA) is 270 Å². The molecule has 0 aliphatic carbocycles. The highest BCUT2D eigenvalue weighted by molar-refractivity contribution is 7.59. The van der Waals surface area contributed by atoms with Crippen LogP contribution in [-0.4, -0.2) is 74.3 Å². The number of rotatable bonds is 8. The maximum Gasteiger partial charge on any atom is 0.330 e. The Hall–Kier alpha value is -1.30. The number of hydrogen-bond donors (Lipinski definition) is 5. The molecule has 0 amide bonds. The van der Waals surface area contributed by atoms with Crippen molar-refractivity contribution in [3.8, 4) is 0 Å². The molecule has 2 saturated heterocycles.